The minimum Gasteiger partial charge on any atom is -0.492 e. The summed E-state index contributed by atoms with van der Waals surface area (Å²) in [5.41, 5.74) is 2.22. The zero-order valence-corrected chi connectivity index (χ0v) is 19.7. The Labute approximate surface area is 205 Å². The number of piperazine rings is 1. The van der Waals surface area contributed by atoms with Crippen molar-refractivity contribution in [2.75, 3.05) is 26.2 Å². The molecule has 1 fully saturated rings. The Bertz CT molecular complexity index is 1410. The third-order valence-electron chi connectivity index (χ3n) is 6.40. The van der Waals surface area contributed by atoms with Crippen molar-refractivity contribution >= 4 is 16.3 Å². The number of halogens is 1. The smallest absolute Gasteiger partial charge is 0.230 e. The number of nitrogens with zero attached hydrogens (tertiary/aromatic N) is 5. The molecule has 3 aromatic heterocycles. The molecule has 1 aliphatic rings. The number of furan rings is 1. The SMILES string of the molecule is Oc1c(C(c2ccc(F)cc2)N2CCN(Cc3ccccc3)CC2)sc2nc(-c3ccco3)nn12. The zero-order chi connectivity index (χ0) is 23.8. The highest BCUT2D eigenvalue weighted by Crippen LogP contribution is 2.41. The quantitative estimate of drug-likeness (QED) is 0.369. The molecule has 1 atom stereocenters. The van der Waals surface area contributed by atoms with Crippen molar-refractivity contribution in [3.63, 3.8) is 0 Å². The molecule has 0 amide bonds. The summed E-state index contributed by atoms with van der Waals surface area (Å²) in [5.74, 6) is 0.744. The number of rotatable bonds is 6. The van der Waals surface area contributed by atoms with E-state index >= 15 is 0 Å². The van der Waals surface area contributed by atoms with Crippen molar-refractivity contribution in [3.05, 3.63) is 94.8 Å². The van der Waals surface area contributed by atoms with E-state index in [9.17, 15) is 9.50 Å². The molecule has 9 heteroatoms. The molecule has 7 nitrogen and oxygen atoms in total. The molecule has 35 heavy (non-hydrogen) atoms. The molecule has 0 saturated carbocycles. The number of fused-ring (bicyclic) bond motifs is 1. The van der Waals surface area contributed by atoms with E-state index in [2.05, 4.69) is 44.1 Å². The highest BCUT2D eigenvalue weighted by molar-refractivity contribution is 7.17. The van der Waals surface area contributed by atoms with E-state index < -0.39 is 0 Å². The van der Waals surface area contributed by atoms with Crippen LogP contribution in [-0.4, -0.2) is 55.7 Å². The first kappa shape index (κ1) is 22.0. The fourth-order valence-electron chi connectivity index (χ4n) is 4.63. The maximum atomic E-state index is 13.7. The minimum atomic E-state index is -0.282. The van der Waals surface area contributed by atoms with Gasteiger partial charge in [0.25, 0.3) is 0 Å². The van der Waals surface area contributed by atoms with Gasteiger partial charge in [0.05, 0.1) is 17.2 Å². The minimum absolute atomic E-state index is 0.0522. The largest absolute Gasteiger partial charge is 0.492 e. The van der Waals surface area contributed by atoms with E-state index in [-0.39, 0.29) is 17.7 Å². The van der Waals surface area contributed by atoms with Gasteiger partial charge in [0.2, 0.25) is 16.7 Å². The lowest BCUT2D eigenvalue weighted by Gasteiger charge is -2.39. The Morgan fingerprint density at radius 3 is 2.43 bits per heavy atom. The average molecular weight is 490 g/mol. The summed E-state index contributed by atoms with van der Waals surface area (Å²) in [4.78, 5) is 10.7. The Morgan fingerprint density at radius 2 is 1.74 bits per heavy atom. The first-order valence-electron chi connectivity index (χ1n) is 11.5. The zero-order valence-electron chi connectivity index (χ0n) is 18.9. The van der Waals surface area contributed by atoms with Crippen LogP contribution in [0.2, 0.25) is 0 Å². The molecule has 5 aromatic rings. The molecule has 6 rings (SSSR count). The molecule has 1 unspecified atom stereocenters. The Morgan fingerprint density at radius 1 is 0.971 bits per heavy atom. The molecular weight excluding hydrogens is 465 g/mol. The van der Waals surface area contributed by atoms with Crippen LogP contribution < -0.4 is 0 Å². The molecule has 1 aliphatic heterocycles. The van der Waals surface area contributed by atoms with Crippen LogP contribution in [0.3, 0.4) is 0 Å². The third kappa shape index (κ3) is 4.34. The highest BCUT2D eigenvalue weighted by atomic mass is 32.1. The summed E-state index contributed by atoms with van der Waals surface area (Å²) in [6.45, 7) is 4.35. The van der Waals surface area contributed by atoms with Crippen molar-refractivity contribution in [2.45, 2.75) is 12.6 Å². The van der Waals surface area contributed by atoms with E-state index in [0.717, 1.165) is 43.2 Å². The maximum absolute atomic E-state index is 13.7. The fourth-order valence-corrected chi connectivity index (χ4v) is 5.75. The van der Waals surface area contributed by atoms with Crippen LogP contribution in [0.15, 0.2) is 77.4 Å². The monoisotopic (exact) mass is 489 g/mol. The van der Waals surface area contributed by atoms with Gasteiger partial charge >= 0.3 is 0 Å². The molecule has 178 valence electrons. The standard InChI is InChI=1S/C26H24FN5O2S/c27-20-10-8-19(9-11-20)22(31-14-12-30(13-15-31)17-18-5-2-1-3-6-18)23-25(33)32-26(35-23)28-24(29-32)21-7-4-16-34-21/h1-11,16,22,33H,12-15,17H2. The Kier molecular flexibility index (Phi) is 5.81. The van der Waals surface area contributed by atoms with Gasteiger partial charge in [0.1, 0.15) is 5.82 Å². The van der Waals surface area contributed by atoms with Crippen LogP contribution in [0.5, 0.6) is 5.88 Å². The van der Waals surface area contributed by atoms with E-state index in [1.54, 1.807) is 30.5 Å². The third-order valence-corrected chi connectivity index (χ3v) is 7.47. The predicted molar refractivity (Wildman–Crippen MR) is 132 cm³/mol. The second-order valence-electron chi connectivity index (χ2n) is 8.65. The summed E-state index contributed by atoms with van der Waals surface area (Å²) in [6.07, 6.45) is 1.57. The summed E-state index contributed by atoms with van der Waals surface area (Å²) in [6, 6.07) is 20.3. The predicted octanol–water partition coefficient (Wildman–Crippen LogP) is 4.80. The lowest BCUT2D eigenvalue weighted by atomic mass is 10.0. The van der Waals surface area contributed by atoms with Gasteiger partial charge in [-0.2, -0.15) is 9.50 Å². The lowest BCUT2D eigenvalue weighted by Crippen LogP contribution is -2.47. The van der Waals surface area contributed by atoms with Gasteiger partial charge < -0.3 is 9.52 Å². The van der Waals surface area contributed by atoms with Gasteiger partial charge in [0, 0.05) is 32.7 Å². The van der Waals surface area contributed by atoms with Gasteiger partial charge in [-0.3, -0.25) is 9.80 Å². The van der Waals surface area contributed by atoms with Crippen molar-refractivity contribution in [2.24, 2.45) is 0 Å². The maximum Gasteiger partial charge on any atom is 0.230 e. The first-order valence-corrected chi connectivity index (χ1v) is 12.4. The molecular formula is C26H24FN5O2S. The average Bonchev–Trinajstić information content (AvgIpc) is 3.61. The summed E-state index contributed by atoms with van der Waals surface area (Å²) >= 11 is 1.39. The fraction of sp³-hybridized carbons (Fsp3) is 0.231. The second kappa shape index (κ2) is 9.26. The van der Waals surface area contributed by atoms with Crippen LogP contribution in [0.25, 0.3) is 16.5 Å². The molecule has 0 radical (unpaired) electrons. The number of hydrogen-bond acceptors (Lipinski definition) is 7. The van der Waals surface area contributed by atoms with Gasteiger partial charge in [-0.1, -0.05) is 53.8 Å². The molecule has 4 heterocycles. The lowest BCUT2D eigenvalue weighted by molar-refractivity contribution is 0.105. The first-order chi connectivity index (χ1) is 17.2. The van der Waals surface area contributed by atoms with Crippen molar-refractivity contribution in [1.82, 2.24) is 24.4 Å². The van der Waals surface area contributed by atoms with Gasteiger partial charge in [-0.25, -0.2) is 4.39 Å². The van der Waals surface area contributed by atoms with Crippen LogP contribution >= 0.6 is 11.3 Å². The highest BCUT2D eigenvalue weighted by Gasteiger charge is 2.32. The molecule has 2 aromatic carbocycles. The van der Waals surface area contributed by atoms with Gasteiger partial charge in [0.15, 0.2) is 5.76 Å². The van der Waals surface area contributed by atoms with Crippen LogP contribution in [0, 0.1) is 5.82 Å². The Balaban J connectivity index is 1.29. The Hall–Kier alpha value is -3.53. The van der Waals surface area contributed by atoms with Crippen molar-refractivity contribution in [3.8, 4) is 17.5 Å². The number of benzene rings is 2. The molecule has 1 N–H and O–H groups in total. The van der Waals surface area contributed by atoms with Crippen LogP contribution in [0.4, 0.5) is 4.39 Å². The summed E-state index contributed by atoms with van der Waals surface area (Å²) in [7, 11) is 0. The van der Waals surface area contributed by atoms with Gasteiger partial charge in [-0.15, -0.1) is 5.10 Å². The second-order valence-corrected chi connectivity index (χ2v) is 9.66. The molecule has 0 aliphatic carbocycles. The van der Waals surface area contributed by atoms with Gasteiger partial charge in [-0.05, 0) is 35.4 Å². The normalized spacial score (nSPS) is 16.1. The topological polar surface area (TPSA) is 70.0 Å². The van der Waals surface area contributed by atoms with E-state index in [1.807, 2.05) is 6.07 Å². The number of hydrogen-bond donors (Lipinski definition) is 1. The number of aromatic nitrogens is 3. The van der Waals surface area contributed by atoms with E-state index in [1.165, 1.54) is 33.5 Å². The number of aromatic hydroxyl groups is 1. The van der Waals surface area contributed by atoms with Crippen LogP contribution in [0.1, 0.15) is 22.0 Å². The number of thiazole rings is 1. The van der Waals surface area contributed by atoms with Crippen molar-refractivity contribution in [1.29, 1.82) is 0 Å². The summed E-state index contributed by atoms with van der Waals surface area (Å²) in [5, 5.41) is 15.6. The van der Waals surface area contributed by atoms with Crippen LogP contribution in [-0.2, 0) is 6.54 Å². The summed E-state index contributed by atoms with van der Waals surface area (Å²) < 4.78 is 20.6. The van der Waals surface area contributed by atoms with E-state index in [4.69, 9.17) is 4.42 Å². The molecule has 0 spiro atoms. The molecule has 1 saturated heterocycles. The molecule has 0 bridgehead atoms. The van der Waals surface area contributed by atoms with Crippen molar-refractivity contribution < 1.29 is 13.9 Å². The van der Waals surface area contributed by atoms with E-state index in [0.29, 0.717) is 16.5 Å².